The zero-order chi connectivity index (χ0) is 66.9. The van der Waals surface area contributed by atoms with Gasteiger partial charge in [0, 0.05) is 77.9 Å². The standard InChI is InChI=1S/C91H71BN6/c1-57(2)64-47-85-87-86(48-64)98(89-73(62-29-17-11-18-30-62)51-66(91(6,7)8)52-74(89)63-31-19-12-20-32-63)84-54-68(96-80-36-24-22-34-70(80)76-46-59(56-94)38-44-82(76)96)40-42-78(84)92(87)77-41-39-67(95-79-35-23-21-33-69(79)75-45-58(55-93)37-43-81(75)95)53-83(77)97(85)88-71(60-25-13-9-14-26-60)49-65(90(3,4)5)50-72(88)61-27-15-10-16-28-61/h9-54,57H,1-8H3. The molecule has 7 heteroatoms. The van der Waals surface area contributed by atoms with E-state index in [1.54, 1.807) is 0 Å². The average molecular weight is 1260 g/mol. The molecule has 468 valence electrons. The Balaban J connectivity index is 1.06. The number of aromatic nitrogens is 2. The molecule has 0 N–H and O–H groups in total. The quantitative estimate of drug-likeness (QED) is 0.135. The van der Waals surface area contributed by atoms with E-state index in [-0.39, 0.29) is 23.5 Å². The molecule has 0 saturated heterocycles. The minimum absolute atomic E-state index is 0.0990. The van der Waals surface area contributed by atoms with Gasteiger partial charge in [-0.1, -0.05) is 225 Å². The second-order valence-electron chi connectivity index (χ2n) is 28.9. The molecule has 2 aliphatic rings. The van der Waals surface area contributed by atoms with Crippen molar-refractivity contribution in [2.75, 3.05) is 9.80 Å². The average Bonchev–Trinajstić information content (AvgIpc) is 0.776. The minimum atomic E-state index is -0.280. The molecule has 13 aromatic carbocycles. The molecule has 17 rings (SSSR count). The number of anilines is 6. The van der Waals surface area contributed by atoms with Crippen molar-refractivity contribution in [2.45, 2.75) is 72.1 Å². The van der Waals surface area contributed by atoms with Gasteiger partial charge in [0.25, 0.3) is 6.71 Å². The van der Waals surface area contributed by atoms with E-state index in [0.29, 0.717) is 11.1 Å². The summed E-state index contributed by atoms with van der Waals surface area (Å²) in [5.41, 5.74) is 29.9. The molecule has 0 amide bonds. The van der Waals surface area contributed by atoms with E-state index in [4.69, 9.17) is 0 Å². The molecular weight excluding hydrogens is 1190 g/mol. The summed E-state index contributed by atoms with van der Waals surface area (Å²) < 4.78 is 4.81. The second-order valence-corrected chi connectivity index (χ2v) is 28.9. The van der Waals surface area contributed by atoms with Gasteiger partial charge in [0.15, 0.2) is 0 Å². The van der Waals surface area contributed by atoms with Gasteiger partial charge in [-0.15, -0.1) is 0 Å². The first-order valence-corrected chi connectivity index (χ1v) is 34.2. The third kappa shape index (κ3) is 9.59. The normalized spacial score (nSPS) is 12.7. The lowest BCUT2D eigenvalue weighted by atomic mass is 9.33. The topological polar surface area (TPSA) is 63.9 Å². The van der Waals surface area contributed by atoms with Gasteiger partial charge in [-0.25, -0.2) is 0 Å². The highest BCUT2D eigenvalue weighted by atomic mass is 15.2. The van der Waals surface area contributed by atoms with E-state index in [1.165, 1.54) is 33.1 Å². The molecule has 15 aromatic rings. The van der Waals surface area contributed by atoms with Crippen LogP contribution in [0.5, 0.6) is 0 Å². The van der Waals surface area contributed by atoms with Gasteiger partial charge in [0.2, 0.25) is 0 Å². The lowest BCUT2D eigenvalue weighted by molar-refractivity contribution is 0.590. The third-order valence-electron chi connectivity index (χ3n) is 20.6. The van der Waals surface area contributed by atoms with Crippen molar-refractivity contribution in [3.63, 3.8) is 0 Å². The Hall–Kier alpha value is -11.9. The van der Waals surface area contributed by atoms with Crippen molar-refractivity contribution < 1.29 is 0 Å². The number of nitrogens with zero attached hydrogens (tertiary/aromatic N) is 6. The molecule has 0 saturated carbocycles. The van der Waals surface area contributed by atoms with Crippen LogP contribution in [0.1, 0.15) is 89.1 Å². The van der Waals surface area contributed by atoms with Crippen molar-refractivity contribution in [1.82, 2.24) is 9.13 Å². The number of hydrogen-bond acceptors (Lipinski definition) is 4. The monoisotopic (exact) mass is 1260 g/mol. The van der Waals surface area contributed by atoms with E-state index < -0.39 is 0 Å². The summed E-state index contributed by atoms with van der Waals surface area (Å²) in [7, 11) is 0. The van der Waals surface area contributed by atoms with E-state index in [9.17, 15) is 10.5 Å². The first-order chi connectivity index (χ1) is 47.6. The van der Waals surface area contributed by atoms with Gasteiger partial charge < -0.3 is 18.9 Å². The number of nitriles is 2. The van der Waals surface area contributed by atoms with E-state index in [1.807, 2.05) is 24.3 Å². The Morgan fingerprint density at radius 1 is 0.337 bits per heavy atom. The number of benzene rings is 13. The van der Waals surface area contributed by atoms with Crippen LogP contribution in [0.4, 0.5) is 34.1 Å². The van der Waals surface area contributed by atoms with Crippen LogP contribution in [-0.2, 0) is 10.8 Å². The number of hydrogen-bond donors (Lipinski definition) is 0. The summed E-state index contributed by atoms with van der Waals surface area (Å²) in [6.45, 7) is 18.4. The second kappa shape index (κ2) is 22.9. The van der Waals surface area contributed by atoms with Crippen LogP contribution in [0.25, 0.3) is 99.5 Å². The first kappa shape index (κ1) is 59.8. The van der Waals surface area contributed by atoms with Crippen LogP contribution in [0, 0.1) is 22.7 Å². The molecule has 0 radical (unpaired) electrons. The fraction of sp³-hybridized carbons (Fsp3) is 0.121. The van der Waals surface area contributed by atoms with Gasteiger partial charge >= 0.3 is 0 Å². The predicted molar refractivity (Wildman–Crippen MR) is 412 cm³/mol. The molecule has 0 fully saturated rings. The Morgan fingerprint density at radius 3 is 1.01 bits per heavy atom. The van der Waals surface area contributed by atoms with Gasteiger partial charge in [-0.3, -0.25) is 0 Å². The van der Waals surface area contributed by atoms with Gasteiger partial charge in [0.1, 0.15) is 0 Å². The number of para-hydroxylation sites is 2. The highest BCUT2D eigenvalue weighted by Gasteiger charge is 2.46. The van der Waals surface area contributed by atoms with Crippen molar-refractivity contribution >= 4 is 101 Å². The molecule has 0 bridgehead atoms. The maximum Gasteiger partial charge on any atom is 0.252 e. The molecule has 0 aliphatic carbocycles. The van der Waals surface area contributed by atoms with Crippen molar-refractivity contribution in [3.8, 4) is 68.0 Å². The summed E-state index contributed by atoms with van der Waals surface area (Å²) in [5.74, 6) is 0.0990. The lowest BCUT2D eigenvalue weighted by Gasteiger charge is -2.46. The van der Waals surface area contributed by atoms with Crippen LogP contribution in [0.3, 0.4) is 0 Å². The summed E-state index contributed by atoms with van der Waals surface area (Å²) in [6, 6.07) is 108. The fourth-order valence-electron chi connectivity index (χ4n) is 15.7. The molecule has 0 spiro atoms. The molecule has 2 aliphatic heterocycles. The van der Waals surface area contributed by atoms with E-state index >= 15 is 0 Å². The maximum atomic E-state index is 10.4. The van der Waals surface area contributed by atoms with E-state index in [0.717, 1.165) is 134 Å². The largest absolute Gasteiger partial charge is 0.310 e. The minimum Gasteiger partial charge on any atom is -0.310 e. The molecule has 98 heavy (non-hydrogen) atoms. The Morgan fingerprint density at radius 2 is 0.673 bits per heavy atom. The molecule has 0 atom stereocenters. The molecule has 0 unspecified atom stereocenters. The van der Waals surface area contributed by atoms with Crippen LogP contribution < -0.4 is 26.2 Å². The fourth-order valence-corrected chi connectivity index (χ4v) is 15.7. The number of rotatable bonds is 9. The van der Waals surface area contributed by atoms with Gasteiger partial charge in [0.05, 0.1) is 56.7 Å². The summed E-state index contributed by atoms with van der Waals surface area (Å²) in [6.07, 6.45) is 0. The van der Waals surface area contributed by atoms with E-state index in [2.05, 4.69) is 341 Å². The van der Waals surface area contributed by atoms with Gasteiger partial charge in [-0.2, -0.15) is 10.5 Å². The number of fused-ring (bicyclic) bond motifs is 10. The Bertz CT molecular complexity index is 5360. The zero-order valence-corrected chi connectivity index (χ0v) is 56.4. The predicted octanol–water partition coefficient (Wildman–Crippen LogP) is 22.1. The highest BCUT2D eigenvalue weighted by Crippen LogP contribution is 2.55. The summed E-state index contributed by atoms with van der Waals surface area (Å²) in [4.78, 5) is 5.34. The van der Waals surface area contributed by atoms with Crippen molar-refractivity contribution in [3.05, 3.63) is 307 Å². The Labute approximate surface area is 573 Å². The van der Waals surface area contributed by atoms with Crippen LogP contribution in [-0.4, -0.2) is 15.8 Å². The smallest absolute Gasteiger partial charge is 0.252 e. The third-order valence-corrected chi connectivity index (χ3v) is 20.6. The lowest BCUT2D eigenvalue weighted by Crippen LogP contribution is -2.61. The van der Waals surface area contributed by atoms with Crippen LogP contribution >= 0.6 is 0 Å². The maximum absolute atomic E-state index is 10.4. The molecule has 2 aromatic heterocycles. The first-order valence-electron chi connectivity index (χ1n) is 34.2. The van der Waals surface area contributed by atoms with Crippen molar-refractivity contribution in [2.24, 2.45) is 0 Å². The van der Waals surface area contributed by atoms with Crippen LogP contribution in [0.15, 0.2) is 279 Å². The summed E-state index contributed by atoms with van der Waals surface area (Å²) >= 11 is 0. The van der Waals surface area contributed by atoms with Crippen LogP contribution in [0.2, 0.25) is 0 Å². The Kier molecular flexibility index (Phi) is 14.0. The molecular formula is C91H71BN6. The molecule has 6 nitrogen and oxygen atoms in total. The SMILES string of the molecule is CC(C)c1cc2c3c(c1)N(c1c(-c4ccccc4)cc(C(C)(C)C)cc1-c1ccccc1)c1cc(-n4c5ccccc5c5cc(C#N)ccc54)ccc1B3c1ccc(-n3c4ccccc4c4cc(C#N)ccc43)cc1N2c1c(-c2ccccc2)cc(C(C)(C)C)cc1-c1ccccc1. The van der Waals surface area contributed by atoms with Crippen molar-refractivity contribution in [1.29, 1.82) is 10.5 Å². The highest BCUT2D eigenvalue weighted by molar-refractivity contribution is 7.00. The van der Waals surface area contributed by atoms with Gasteiger partial charge in [-0.05, 0) is 181 Å². The summed E-state index contributed by atoms with van der Waals surface area (Å²) in [5, 5.41) is 25.0. The zero-order valence-electron chi connectivity index (χ0n) is 56.4. The molecule has 4 heterocycles.